The fraction of sp³-hybridized carbons (Fsp3) is 0.200. The van der Waals surface area contributed by atoms with Gasteiger partial charge in [0, 0.05) is 5.02 Å². The van der Waals surface area contributed by atoms with Crippen LogP contribution in [-0.4, -0.2) is 36.7 Å². The molecule has 0 spiro atoms. The predicted molar refractivity (Wildman–Crippen MR) is 94.2 cm³/mol. The zero-order valence-electron chi connectivity index (χ0n) is 13.8. The summed E-state index contributed by atoms with van der Waals surface area (Å²) in [6.07, 6.45) is 0. The van der Waals surface area contributed by atoms with Crippen molar-refractivity contribution in [1.82, 2.24) is 25.3 Å². The zero-order valence-corrected chi connectivity index (χ0v) is 14.6. The Hall–Kier alpha value is -3.07. The van der Waals surface area contributed by atoms with Crippen LogP contribution in [-0.2, 0) is 0 Å². The van der Waals surface area contributed by atoms with E-state index in [0.29, 0.717) is 22.1 Å². The highest BCUT2D eigenvalue weighted by atomic mass is 35.5. The second-order valence-corrected chi connectivity index (χ2v) is 5.72. The summed E-state index contributed by atoms with van der Waals surface area (Å²) >= 11 is 5.89. The fourth-order valence-corrected chi connectivity index (χ4v) is 2.27. The molecule has 0 saturated carbocycles. The third kappa shape index (κ3) is 3.41. The van der Waals surface area contributed by atoms with E-state index in [1.807, 2.05) is 26.0 Å². The molecule has 128 valence electrons. The minimum atomic E-state index is 0.130. The smallest absolute Gasteiger partial charge is 0.243 e. The minimum Gasteiger partial charge on any atom is -0.378 e. The van der Waals surface area contributed by atoms with Crippen LogP contribution in [0.4, 0.5) is 5.82 Å². The summed E-state index contributed by atoms with van der Waals surface area (Å²) in [6.45, 7) is 5.48. The normalized spacial score (nSPS) is 12.6. The Morgan fingerprint density at radius 2 is 1.80 bits per heavy atom. The minimum absolute atomic E-state index is 0.130. The second-order valence-electron chi connectivity index (χ2n) is 5.29. The van der Waals surface area contributed by atoms with Crippen LogP contribution in [0.1, 0.15) is 30.8 Å². The molecule has 0 amide bonds. The first-order valence-electron chi connectivity index (χ1n) is 7.33. The van der Waals surface area contributed by atoms with Gasteiger partial charge in [0.15, 0.2) is 0 Å². The van der Waals surface area contributed by atoms with Gasteiger partial charge in [-0.2, -0.15) is 14.9 Å². The molecule has 0 radical (unpaired) electrons. The molecule has 3 rings (SSSR count). The first-order chi connectivity index (χ1) is 12.0. The fourth-order valence-electron chi connectivity index (χ4n) is 2.15. The number of aromatic nitrogens is 5. The van der Waals surface area contributed by atoms with Gasteiger partial charge in [-0.3, -0.25) is 0 Å². The SMILES string of the molecule is CC(=NN=C(C)c1nnn(-c2nonc2N)c1C)c1ccc(Cl)cc1. The van der Waals surface area contributed by atoms with Gasteiger partial charge < -0.3 is 5.73 Å². The average molecular weight is 359 g/mol. The molecule has 0 aliphatic rings. The Kier molecular flexibility index (Phi) is 4.57. The second kappa shape index (κ2) is 6.81. The number of benzene rings is 1. The number of rotatable bonds is 4. The van der Waals surface area contributed by atoms with Gasteiger partial charge in [-0.15, -0.1) is 5.10 Å². The topological polar surface area (TPSA) is 120 Å². The standard InChI is InChI=1S/C15H15ClN8O/c1-8(11-4-6-12(16)7-5-11)18-19-9(2)13-10(3)24(23-20-13)15-14(17)21-25-22-15/h4-7H,1-3H3,(H2,17,21). The summed E-state index contributed by atoms with van der Waals surface area (Å²) in [6, 6.07) is 7.37. The molecule has 2 aromatic heterocycles. The first kappa shape index (κ1) is 16.8. The van der Waals surface area contributed by atoms with E-state index in [0.717, 1.165) is 11.3 Å². The number of hydrogen-bond donors (Lipinski definition) is 1. The van der Waals surface area contributed by atoms with E-state index in [1.54, 1.807) is 19.1 Å². The Balaban J connectivity index is 1.88. The lowest BCUT2D eigenvalue weighted by molar-refractivity contribution is 0.306. The van der Waals surface area contributed by atoms with Gasteiger partial charge in [-0.1, -0.05) is 28.9 Å². The van der Waals surface area contributed by atoms with Crippen LogP contribution in [0.3, 0.4) is 0 Å². The Bertz CT molecular complexity index is 954. The largest absolute Gasteiger partial charge is 0.378 e. The maximum atomic E-state index is 5.89. The van der Waals surface area contributed by atoms with Crippen molar-refractivity contribution in [1.29, 1.82) is 0 Å². The van der Waals surface area contributed by atoms with Gasteiger partial charge in [0.05, 0.1) is 17.1 Å². The van der Waals surface area contributed by atoms with Crippen LogP contribution in [0.5, 0.6) is 0 Å². The monoisotopic (exact) mass is 358 g/mol. The van der Waals surface area contributed by atoms with Gasteiger partial charge in [0.2, 0.25) is 11.6 Å². The highest BCUT2D eigenvalue weighted by molar-refractivity contribution is 6.30. The summed E-state index contributed by atoms with van der Waals surface area (Å²) in [4.78, 5) is 0. The predicted octanol–water partition coefficient (Wildman–Crippen LogP) is 2.43. The van der Waals surface area contributed by atoms with Crippen LogP contribution in [0.2, 0.25) is 5.02 Å². The van der Waals surface area contributed by atoms with Crippen molar-refractivity contribution in [3.63, 3.8) is 0 Å². The van der Waals surface area contributed by atoms with Gasteiger partial charge in [0.25, 0.3) is 0 Å². The third-order valence-corrected chi connectivity index (χ3v) is 3.80. The molecule has 0 saturated heterocycles. The molecule has 0 aliphatic carbocycles. The van der Waals surface area contributed by atoms with Gasteiger partial charge in [0.1, 0.15) is 5.69 Å². The van der Waals surface area contributed by atoms with Crippen molar-refractivity contribution in [2.75, 3.05) is 5.73 Å². The highest BCUT2D eigenvalue weighted by Crippen LogP contribution is 2.15. The lowest BCUT2D eigenvalue weighted by Gasteiger charge is -2.00. The Morgan fingerprint density at radius 3 is 2.44 bits per heavy atom. The molecular weight excluding hydrogens is 344 g/mol. The van der Waals surface area contributed by atoms with Crippen molar-refractivity contribution in [2.24, 2.45) is 10.2 Å². The molecule has 3 aromatic rings. The average Bonchev–Trinajstić information content (AvgIpc) is 3.18. The molecule has 1 aromatic carbocycles. The number of hydrogen-bond acceptors (Lipinski definition) is 8. The number of anilines is 1. The quantitative estimate of drug-likeness (QED) is 0.564. The molecule has 2 N–H and O–H groups in total. The van der Waals surface area contributed by atoms with Gasteiger partial charge >= 0.3 is 0 Å². The Labute approximate surface area is 148 Å². The summed E-state index contributed by atoms with van der Waals surface area (Å²) in [5, 5.41) is 24.5. The van der Waals surface area contributed by atoms with E-state index in [4.69, 9.17) is 17.3 Å². The van der Waals surface area contributed by atoms with Crippen LogP contribution in [0.25, 0.3) is 5.82 Å². The summed E-state index contributed by atoms with van der Waals surface area (Å²) < 4.78 is 6.03. The summed E-state index contributed by atoms with van der Waals surface area (Å²) in [5.74, 6) is 0.413. The molecule has 0 bridgehead atoms. The third-order valence-electron chi connectivity index (χ3n) is 3.55. The summed E-state index contributed by atoms with van der Waals surface area (Å²) in [7, 11) is 0. The van der Waals surface area contributed by atoms with E-state index in [2.05, 4.69) is 35.5 Å². The maximum Gasteiger partial charge on any atom is 0.243 e. The van der Waals surface area contributed by atoms with Crippen molar-refractivity contribution in [2.45, 2.75) is 20.8 Å². The van der Waals surface area contributed by atoms with Crippen LogP contribution >= 0.6 is 11.6 Å². The van der Waals surface area contributed by atoms with Crippen LogP contribution < -0.4 is 5.73 Å². The number of nitrogen functional groups attached to an aromatic ring is 1. The maximum absolute atomic E-state index is 5.89. The molecule has 25 heavy (non-hydrogen) atoms. The zero-order chi connectivity index (χ0) is 18.0. The lowest BCUT2D eigenvalue weighted by atomic mass is 10.1. The van der Waals surface area contributed by atoms with Crippen LogP contribution in [0, 0.1) is 6.92 Å². The molecule has 0 atom stereocenters. The van der Waals surface area contributed by atoms with E-state index in [9.17, 15) is 0 Å². The number of nitrogens with two attached hydrogens (primary N) is 1. The molecule has 10 heteroatoms. The molecule has 0 unspecified atom stereocenters. The highest BCUT2D eigenvalue weighted by Gasteiger charge is 2.17. The van der Waals surface area contributed by atoms with E-state index < -0.39 is 0 Å². The van der Waals surface area contributed by atoms with Crippen molar-refractivity contribution in [3.8, 4) is 5.82 Å². The van der Waals surface area contributed by atoms with E-state index in [1.165, 1.54) is 4.68 Å². The molecule has 2 heterocycles. The van der Waals surface area contributed by atoms with Crippen molar-refractivity contribution >= 4 is 28.8 Å². The van der Waals surface area contributed by atoms with Crippen molar-refractivity contribution < 1.29 is 4.63 Å². The molecular formula is C15H15ClN8O. The molecule has 0 fully saturated rings. The Morgan fingerprint density at radius 1 is 1.12 bits per heavy atom. The van der Waals surface area contributed by atoms with E-state index in [-0.39, 0.29) is 11.6 Å². The number of halogens is 1. The summed E-state index contributed by atoms with van der Waals surface area (Å²) in [5.41, 5.74) is 9.25. The number of nitrogens with zero attached hydrogens (tertiary/aromatic N) is 7. The van der Waals surface area contributed by atoms with Crippen LogP contribution in [0.15, 0.2) is 39.1 Å². The van der Waals surface area contributed by atoms with Crippen molar-refractivity contribution in [3.05, 3.63) is 46.2 Å². The first-order valence-corrected chi connectivity index (χ1v) is 7.71. The molecule has 0 aliphatic heterocycles. The van der Waals surface area contributed by atoms with E-state index >= 15 is 0 Å². The van der Waals surface area contributed by atoms with Gasteiger partial charge in [-0.05, 0) is 48.8 Å². The lowest BCUT2D eigenvalue weighted by Crippen LogP contribution is -2.04. The molecule has 9 nitrogen and oxygen atoms in total. The van der Waals surface area contributed by atoms with Gasteiger partial charge in [-0.25, -0.2) is 4.63 Å².